The van der Waals surface area contributed by atoms with Crippen LogP contribution in [0.2, 0.25) is 0 Å². The zero-order valence-corrected chi connectivity index (χ0v) is 16.6. The van der Waals surface area contributed by atoms with Gasteiger partial charge in [0, 0.05) is 32.2 Å². The molecule has 1 N–H and O–H groups in total. The standard InChI is InChI=1S/C21H32FN3O2/c1-4-6-7-8-9-12-25(3)21(23-5-2)24-11-10-17-13-19(22)14-18-15-26-16-27-20(17)18/h4,13-14H,1,5-12,15-16H2,2-3H3,(H,23,24). The Balaban J connectivity index is 1.93. The van der Waals surface area contributed by atoms with E-state index in [1.54, 1.807) is 0 Å². The van der Waals surface area contributed by atoms with Gasteiger partial charge in [-0.3, -0.25) is 4.99 Å². The Morgan fingerprint density at radius 2 is 2.22 bits per heavy atom. The maximum atomic E-state index is 13.8. The van der Waals surface area contributed by atoms with Gasteiger partial charge in [0.1, 0.15) is 11.6 Å². The summed E-state index contributed by atoms with van der Waals surface area (Å²) < 4.78 is 24.7. The first-order chi connectivity index (χ1) is 13.2. The van der Waals surface area contributed by atoms with Crippen molar-refractivity contribution in [2.24, 2.45) is 4.99 Å². The van der Waals surface area contributed by atoms with Crippen molar-refractivity contribution in [1.29, 1.82) is 0 Å². The van der Waals surface area contributed by atoms with Crippen LogP contribution in [-0.4, -0.2) is 44.3 Å². The molecule has 5 nitrogen and oxygen atoms in total. The Morgan fingerprint density at radius 3 is 3.00 bits per heavy atom. The van der Waals surface area contributed by atoms with E-state index in [0.29, 0.717) is 19.6 Å². The molecule has 27 heavy (non-hydrogen) atoms. The lowest BCUT2D eigenvalue weighted by molar-refractivity contribution is -0.0172. The van der Waals surface area contributed by atoms with Crippen LogP contribution in [-0.2, 0) is 17.8 Å². The first-order valence-electron chi connectivity index (χ1n) is 9.77. The van der Waals surface area contributed by atoms with E-state index in [4.69, 9.17) is 14.5 Å². The number of unbranched alkanes of at least 4 members (excludes halogenated alkanes) is 3. The summed E-state index contributed by atoms with van der Waals surface area (Å²) in [4.78, 5) is 6.86. The van der Waals surface area contributed by atoms with Crippen LogP contribution in [0.4, 0.5) is 4.39 Å². The van der Waals surface area contributed by atoms with Crippen LogP contribution >= 0.6 is 0 Å². The molecule has 0 unspecified atom stereocenters. The van der Waals surface area contributed by atoms with E-state index in [1.165, 1.54) is 25.0 Å². The van der Waals surface area contributed by atoms with Crippen molar-refractivity contribution >= 4 is 5.96 Å². The summed E-state index contributed by atoms with van der Waals surface area (Å²) in [5, 5.41) is 3.33. The van der Waals surface area contributed by atoms with Gasteiger partial charge in [-0.25, -0.2) is 4.39 Å². The first-order valence-corrected chi connectivity index (χ1v) is 9.77. The monoisotopic (exact) mass is 377 g/mol. The number of nitrogens with one attached hydrogen (secondary N) is 1. The quantitative estimate of drug-likeness (QED) is 0.291. The molecule has 1 aliphatic rings. The normalized spacial score (nSPS) is 13.7. The predicted molar refractivity (Wildman–Crippen MR) is 108 cm³/mol. The number of halogens is 1. The van der Waals surface area contributed by atoms with Crippen molar-refractivity contribution in [3.05, 3.63) is 41.7 Å². The molecule has 2 rings (SSSR count). The minimum Gasteiger partial charge on any atom is -0.467 e. The third kappa shape index (κ3) is 6.86. The van der Waals surface area contributed by atoms with Crippen LogP contribution < -0.4 is 10.1 Å². The molecule has 0 saturated heterocycles. The molecule has 0 amide bonds. The highest BCUT2D eigenvalue weighted by atomic mass is 19.1. The summed E-state index contributed by atoms with van der Waals surface area (Å²) in [6, 6.07) is 3.02. The third-order valence-electron chi connectivity index (χ3n) is 4.49. The zero-order chi connectivity index (χ0) is 19.5. The lowest BCUT2D eigenvalue weighted by Gasteiger charge is -2.22. The van der Waals surface area contributed by atoms with Gasteiger partial charge in [0.2, 0.25) is 0 Å². The Labute approximate surface area is 162 Å². The van der Waals surface area contributed by atoms with E-state index < -0.39 is 0 Å². The average molecular weight is 378 g/mol. The molecule has 150 valence electrons. The molecule has 0 bridgehead atoms. The summed E-state index contributed by atoms with van der Waals surface area (Å²) >= 11 is 0. The molecular formula is C21H32FN3O2. The number of ether oxygens (including phenoxy) is 2. The van der Waals surface area contributed by atoms with E-state index >= 15 is 0 Å². The number of fused-ring (bicyclic) bond motifs is 1. The molecule has 1 aromatic rings. The van der Waals surface area contributed by atoms with Gasteiger partial charge in [-0.1, -0.05) is 12.5 Å². The largest absolute Gasteiger partial charge is 0.467 e. The zero-order valence-electron chi connectivity index (χ0n) is 16.6. The van der Waals surface area contributed by atoms with Gasteiger partial charge in [-0.2, -0.15) is 0 Å². The molecule has 1 heterocycles. The third-order valence-corrected chi connectivity index (χ3v) is 4.49. The second-order valence-corrected chi connectivity index (χ2v) is 6.71. The van der Waals surface area contributed by atoms with E-state index in [0.717, 1.165) is 48.8 Å². The summed E-state index contributed by atoms with van der Waals surface area (Å²) in [7, 11) is 2.06. The molecule has 0 aliphatic carbocycles. The van der Waals surface area contributed by atoms with Gasteiger partial charge in [-0.15, -0.1) is 6.58 Å². The second kappa shape index (κ2) is 11.6. The first kappa shape index (κ1) is 21.2. The molecule has 1 aromatic carbocycles. The minimum absolute atomic E-state index is 0.214. The highest BCUT2D eigenvalue weighted by Gasteiger charge is 2.16. The smallest absolute Gasteiger partial charge is 0.193 e. The van der Waals surface area contributed by atoms with Crippen LogP contribution in [0.15, 0.2) is 29.8 Å². The van der Waals surface area contributed by atoms with Gasteiger partial charge in [0.15, 0.2) is 12.8 Å². The Morgan fingerprint density at radius 1 is 1.37 bits per heavy atom. The van der Waals surface area contributed by atoms with Crippen molar-refractivity contribution < 1.29 is 13.9 Å². The van der Waals surface area contributed by atoms with E-state index in [1.807, 2.05) is 6.08 Å². The summed E-state index contributed by atoms with van der Waals surface area (Å²) in [6.45, 7) is 8.77. The molecule has 1 aliphatic heterocycles. The molecule has 0 spiro atoms. The average Bonchev–Trinajstić information content (AvgIpc) is 2.66. The number of hydrogen-bond acceptors (Lipinski definition) is 3. The number of benzene rings is 1. The highest BCUT2D eigenvalue weighted by molar-refractivity contribution is 5.79. The predicted octanol–water partition coefficient (Wildman–Crippen LogP) is 3.88. The van der Waals surface area contributed by atoms with Crippen molar-refractivity contribution in [3.63, 3.8) is 0 Å². The molecule has 0 atom stereocenters. The number of guanidine groups is 1. The fourth-order valence-corrected chi connectivity index (χ4v) is 3.11. The maximum Gasteiger partial charge on any atom is 0.193 e. The Kier molecular flexibility index (Phi) is 9.11. The lowest BCUT2D eigenvalue weighted by Crippen LogP contribution is -2.39. The SMILES string of the molecule is C=CCCCCCN(C)C(=NCCc1cc(F)cc2c1OCOC2)NCC. The molecule has 0 radical (unpaired) electrons. The topological polar surface area (TPSA) is 46.1 Å². The van der Waals surface area contributed by atoms with E-state index in [2.05, 4.69) is 30.8 Å². The highest BCUT2D eigenvalue weighted by Crippen LogP contribution is 2.29. The van der Waals surface area contributed by atoms with Gasteiger partial charge in [-0.05, 0) is 50.3 Å². The van der Waals surface area contributed by atoms with Crippen LogP contribution in [0.5, 0.6) is 5.75 Å². The fraction of sp³-hybridized carbons (Fsp3) is 0.571. The molecule has 0 fully saturated rings. The van der Waals surface area contributed by atoms with Gasteiger partial charge < -0.3 is 19.7 Å². The van der Waals surface area contributed by atoms with Crippen molar-refractivity contribution in [2.45, 2.75) is 45.6 Å². The van der Waals surface area contributed by atoms with Crippen LogP contribution in [0.1, 0.15) is 43.7 Å². The maximum absolute atomic E-state index is 13.8. The number of aliphatic imine (C=N–C) groups is 1. The van der Waals surface area contributed by atoms with E-state index in [9.17, 15) is 4.39 Å². The summed E-state index contributed by atoms with van der Waals surface area (Å²) in [5.74, 6) is 1.37. The van der Waals surface area contributed by atoms with Crippen molar-refractivity contribution in [1.82, 2.24) is 10.2 Å². The van der Waals surface area contributed by atoms with Crippen molar-refractivity contribution in [3.8, 4) is 5.75 Å². The Hall–Kier alpha value is -2.08. The van der Waals surface area contributed by atoms with Crippen molar-refractivity contribution in [2.75, 3.05) is 33.5 Å². The van der Waals surface area contributed by atoms with Gasteiger partial charge in [0.25, 0.3) is 0 Å². The molecule has 6 heteroatoms. The van der Waals surface area contributed by atoms with Crippen LogP contribution in [0.3, 0.4) is 0 Å². The van der Waals surface area contributed by atoms with Gasteiger partial charge >= 0.3 is 0 Å². The van der Waals surface area contributed by atoms with Crippen LogP contribution in [0.25, 0.3) is 0 Å². The number of hydrogen-bond donors (Lipinski definition) is 1. The minimum atomic E-state index is -0.259. The molecule has 0 aromatic heterocycles. The fourth-order valence-electron chi connectivity index (χ4n) is 3.11. The van der Waals surface area contributed by atoms with E-state index in [-0.39, 0.29) is 12.6 Å². The number of allylic oxidation sites excluding steroid dienone is 1. The molecular weight excluding hydrogens is 345 g/mol. The van der Waals surface area contributed by atoms with Crippen LogP contribution in [0, 0.1) is 5.82 Å². The number of rotatable bonds is 10. The lowest BCUT2D eigenvalue weighted by atomic mass is 10.1. The second-order valence-electron chi connectivity index (χ2n) is 6.71. The summed E-state index contributed by atoms with van der Waals surface area (Å²) in [5.41, 5.74) is 1.61. The summed E-state index contributed by atoms with van der Waals surface area (Å²) in [6.07, 6.45) is 7.16. The van der Waals surface area contributed by atoms with Gasteiger partial charge in [0.05, 0.1) is 6.61 Å². The number of nitrogens with zero attached hydrogens (tertiary/aromatic N) is 2. The molecule has 0 saturated carbocycles. The Bertz CT molecular complexity index is 634.